The summed E-state index contributed by atoms with van der Waals surface area (Å²) in [5.74, 6) is 0.681. The third kappa shape index (κ3) is 3.26. The lowest BCUT2D eigenvalue weighted by Gasteiger charge is -2.15. The van der Waals surface area contributed by atoms with Crippen molar-refractivity contribution >= 4 is 10.0 Å². The molecule has 0 bridgehead atoms. The van der Waals surface area contributed by atoms with Crippen LogP contribution >= 0.6 is 0 Å². The number of hydrogen-bond donors (Lipinski definition) is 1. The molecular weight excluding hydrogens is 266 g/mol. The summed E-state index contributed by atoms with van der Waals surface area (Å²) in [5, 5.41) is 5.16. The van der Waals surface area contributed by atoms with E-state index in [9.17, 15) is 8.42 Å². The van der Waals surface area contributed by atoms with Crippen molar-refractivity contribution in [2.45, 2.75) is 37.7 Å². The molecule has 19 heavy (non-hydrogen) atoms. The third-order valence-corrected chi connectivity index (χ3v) is 4.50. The molecule has 1 aliphatic heterocycles. The summed E-state index contributed by atoms with van der Waals surface area (Å²) in [5.41, 5.74) is 1.43. The van der Waals surface area contributed by atoms with Crippen LogP contribution in [-0.4, -0.2) is 27.7 Å². The lowest BCUT2D eigenvalue weighted by Crippen LogP contribution is -2.18. The maximum absolute atomic E-state index is 11.4. The van der Waals surface area contributed by atoms with Gasteiger partial charge in [-0.2, -0.15) is 0 Å². The van der Waals surface area contributed by atoms with Crippen molar-refractivity contribution in [3.8, 4) is 5.75 Å². The highest BCUT2D eigenvalue weighted by molar-refractivity contribution is 7.89. The molecule has 0 spiro atoms. The first-order valence-corrected chi connectivity index (χ1v) is 7.81. The molecule has 0 aromatic heterocycles. The second-order valence-electron chi connectivity index (χ2n) is 4.80. The van der Waals surface area contributed by atoms with Crippen LogP contribution in [0.5, 0.6) is 5.75 Å². The SMILES string of the molecule is Cc1c(OCC2CCCO2)ccc(S(N)(=O)=O)c1C. The summed E-state index contributed by atoms with van der Waals surface area (Å²) in [6, 6.07) is 3.14. The van der Waals surface area contributed by atoms with E-state index in [0.29, 0.717) is 17.9 Å². The molecule has 6 heteroatoms. The van der Waals surface area contributed by atoms with Crippen LogP contribution in [0, 0.1) is 13.8 Å². The Labute approximate surface area is 113 Å². The largest absolute Gasteiger partial charge is 0.491 e. The predicted molar refractivity (Wildman–Crippen MR) is 71.8 cm³/mol. The van der Waals surface area contributed by atoms with Gasteiger partial charge in [-0.25, -0.2) is 13.6 Å². The Morgan fingerprint density at radius 3 is 2.68 bits per heavy atom. The van der Waals surface area contributed by atoms with E-state index in [0.717, 1.165) is 25.0 Å². The summed E-state index contributed by atoms with van der Waals surface area (Å²) in [6.07, 6.45) is 2.21. The van der Waals surface area contributed by atoms with Gasteiger partial charge in [-0.15, -0.1) is 0 Å². The molecule has 1 atom stereocenters. The van der Waals surface area contributed by atoms with Gasteiger partial charge in [-0.05, 0) is 49.9 Å². The van der Waals surface area contributed by atoms with Crippen LogP contribution < -0.4 is 9.88 Å². The first-order chi connectivity index (χ1) is 8.89. The molecule has 0 saturated carbocycles. The highest BCUT2D eigenvalue weighted by Crippen LogP contribution is 2.27. The number of nitrogens with two attached hydrogens (primary N) is 1. The number of primary sulfonamides is 1. The van der Waals surface area contributed by atoms with E-state index < -0.39 is 10.0 Å². The Morgan fingerprint density at radius 1 is 1.37 bits per heavy atom. The highest BCUT2D eigenvalue weighted by atomic mass is 32.2. The number of sulfonamides is 1. The van der Waals surface area contributed by atoms with Gasteiger partial charge >= 0.3 is 0 Å². The van der Waals surface area contributed by atoms with E-state index in [1.807, 2.05) is 6.92 Å². The molecular formula is C13H19NO4S. The first kappa shape index (κ1) is 14.3. The van der Waals surface area contributed by atoms with Gasteiger partial charge in [0, 0.05) is 6.61 Å². The minimum Gasteiger partial charge on any atom is -0.491 e. The lowest BCUT2D eigenvalue weighted by molar-refractivity contribution is 0.0677. The zero-order valence-corrected chi connectivity index (χ0v) is 12.0. The average molecular weight is 285 g/mol. The molecule has 2 N–H and O–H groups in total. The minimum atomic E-state index is -3.68. The van der Waals surface area contributed by atoms with Gasteiger partial charge in [0.05, 0.1) is 11.0 Å². The van der Waals surface area contributed by atoms with Crippen LogP contribution in [-0.2, 0) is 14.8 Å². The normalized spacial score (nSPS) is 19.6. The summed E-state index contributed by atoms with van der Waals surface area (Å²) >= 11 is 0. The zero-order valence-electron chi connectivity index (χ0n) is 11.2. The fourth-order valence-electron chi connectivity index (χ4n) is 2.19. The molecule has 1 heterocycles. The Balaban J connectivity index is 2.16. The van der Waals surface area contributed by atoms with E-state index >= 15 is 0 Å². The molecule has 1 saturated heterocycles. The quantitative estimate of drug-likeness (QED) is 0.909. The van der Waals surface area contributed by atoms with Gasteiger partial charge in [-0.1, -0.05) is 0 Å². The minimum absolute atomic E-state index is 0.137. The fraction of sp³-hybridized carbons (Fsp3) is 0.538. The molecule has 5 nitrogen and oxygen atoms in total. The van der Waals surface area contributed by atoms with E-state index in [1.54, 1.807) is 13.0 Å². The van der Waals surface area contributed by atoms with E-state index in [2.05, 4.69) is 0 Å². The van der Waals surface area contributed by atoms with Crippen LogP contribution in [0.2, 0.25) is 0 Å². The van der Waals surface area contributed by atoms with E-state index in [1.165, 1.54) is 6.07 Å². The average Bonchev–Trinajstić information content (AvgIpc) is 2.82. The molecule has 1 aromatic carbocycles. The van der Waals surface area contributed by atoms with Gasteiger partial charge in [0.1, 0.15) is 12.4 Å². The van der Waals surface area contributed by atoms with Gasteiger partial charge < -0.3 is 9.47 Å². The molecule has 0 radical (unpaired) electrons. The van der Waals surface area contributed by atoms with Crippen LogP contribution in [0.4, 0.5) is 0 Å². The number of benzene rings is 1. The summed E-state index contributed by atoms with van der Waals surface area (Å²) in [4.78, 5) is 0.148. The van der Waals surface area contributed by atoms with Gasteiger partial charge in [0.15, 0.2) is 0 Å². The first-order valence-electron chi connectivity index (χ1n) is 6.27. The third-order valence-electron chi connectivity index (χ3n) is 3.44. The second kappa shape index (κ2) is 5.48. The second-order valence-corrected chi connectivity index (χ2v) is 6.33. The van der Waals surface area contributed by atoms with Crippen molar-refractivity contribution in [2.24, 2.45) is 5.14 Å². The number of hydrogen-bond acceptors (Lipinski definition) is 4. The van der Waals surface area contributed by atoms with Crippen molar-refractivity contribution in [3.05, 3.63) is 23.3 Å². The van der Waals surface area contributed by atoms with E-state index in [4.69, 9.17) is 14.6 Å². The molecule has 0 amide bonds. The topological polar surface area (TPSA) is 78.6 Å². The maximum atomic E-state index is 11.4. The van der Waals surface area contributed by atoms with Crippen molar-refractivity contribution in [1.29, 1.82) is 0 Å². The summed E-state index contributed by atoms with van der Waals surface area (Å²) in [7, 11) is -3.68. The summed E-state index contributed by atoms with van der Waals surface area (Å²) in [6.45, 7) is 4.84. The molecule has 1 fully saturated rings. The molecule has 2 rings (SSSR count). The van der Waals surface area contributed by atoms with Crippen LogP contribution in [0.15, 0.2) is 17.0 Å². The number of rotatable bonds is 4. The molecule has 1 aromatic rings. The van der Waals surface area contributed by atoms with E-state index in [-0.39, 0.29) is 11.0 Å². The van der Waals surface area contributed by atoms with Crippen LogP contribution in [0.25, 0.3) is 0 Å². The molecule has 1 aliphatic rings. The maximum Gasteiger partial charge on any atom is 0.238 e. The highest BCUT2D eigenvalue weighted by Gasteiger charge is 2.18. The summed E-state index contributed by atoms with van der Waals surface area (Å²) < 4.78 is 34.0. The van der Waals surface area contributed by atoms with Crippen LogP contribution in [0.1, 0.15) is 24.0 Å². The smallest absolute Gasteiger partial charge is 0.238 e. The lowest BCUT2D eigenvalue weighted by atomic mass is 10.1. The standard InChI is InChI=1S/C13H19NO4S/c1-9-10(2)13(19(14,15)16)6-5-12(9)18-8-11-4-3-7-17-11/h5-6,11H,3-4,7-8H2,1-2H3,(H2,14,15,16). The Bertz CT molecular complexity index is 562. The van der Waals surface area contributed by atoms with Gasteiger partial charge in [0.2, 0.25) is 10.0 Å². The Hall–Kier alpha value is -1.11. The molecule has 1 unspecified atom stereocenters. The molecule has 0 aliphatic carbocycles. The molecule has 106 valence electrons. The van der Waals surface area contributed by atoms with Crippen LogP contribution in [0.3, 0.4) is 0 Å². The van der Waals surface area contributed by atoms with Crippen molar-refractivity contribution in [2.75, 3.05) is 13.2 Å². The number of ether oxygens (including phenoxy) is 2. The Morgan fingerprint density at radius 2 is 2.11 bits per heavy atom. The fourth-order valence-corrected chi connectivity index (χ4v) is 3.03. The van der Waals surface area contributed by atoms with Gasteiger partial charge in [0.25, 0.3) is 0 Å². The van der Waals surface area contributed by atoms with Crippen molar-refractivity contribution < 1.29 is 17.9 Å². The van der Waals surface area contributed by atoms with Crippen molar-refractivity contribution in [1.82, 2.24) is 0 Å². The van der Waals surface area contributed by atoms with Crippen molar-refractivity contribution in [3.63, 3.8) is 0 Å². The Kier molecular flexibility index (Phi) is 4.13. The zero-order chi connectivity index (χ0) is 14.0. The van der Waals surface area contributed by atoms with Gasteiger partial charge in [-0.3, -0.25) is 0 Å². The predicted octanol–water partition coefficient (Wildman–Crippen LogP) is 1.51. The monoisotopic (exact) mass is 285 g/mol.